The van der Waals surface area contributed by atoms with E-state index in [9.17, 15) is 15.2 Å². The zero-order valence-electron chi connectivity index (χ0n) is 31.2. The van der Waals surface area contributed by atoms with Crippen molar-refractivity contribution in [1.82, 2.24) is 24.1 Å². The molecule has 3 aromatic heterocycles. The maximum atomic E-state index is 17.4. The first-order chi connectivity index (χ1) is 26.4. The van der Waals surface area contributed by atoms with Gasteiger partial charge < -0.3 is 24.6 Å². The average molecular weight is 776 g/mol. The van der Waals surface area contributed by atoms with Gasteiger partial charge in [0.25, 0.3) is 0 Å². The minimum absolute atomic E-state index is 0.0135. The Bertz CT molecular complexity index is 2420. The number of aromatic nitrogens is 3. The predicted octanol–water partition coefficient (Wildman–Crippen LogP) is 8.38. The Balaban J connectivity index is 1.28. The number of pyridine rings is 1. The molecule has 3 aliphatic heterocycles. The summed E-state index contributed by atoms with van der Waals surface area (Å²) in [5, 5.41) is 28.0. The summed E-state index contributed by atoms with van der Waals surface area (Å²) in [6, 6.07) is 10.8. The highest BCUT2D eigenvalue weighted by Gasteiger charge is 2.51. The van der Waals surface area contributed by atoms with Gasteiger partial charge in [-0.15, -0.1) is 0 Å². The van der Waals surface area contributed by atoms with E-state index in [1.165, 1.54) is 11.5 Å². The summed E-state index contributed by atoms with van der Waals surface area (Å²) in [6.45, 7) is 2.27. The van der Waals surface area contributed by atoms with Crippen LogP contribution >= 0.6 is 34.7 Å². The molecule has 2 aromatic carbocycles. The molecule has 53 heavy (non-hydrogen) atoms. The van der Waals surface area contributed by atoms with Crippen LogP contribution in [0.4, 0.5) is 4.39 Å². The van der Waals surface area contributed by atoms with Crippen molar-refractivity contribution in [3.05, 3.63) is 79.8 Å². The Hall–Kier alpha value is -3.63. The molecule has 1 unspecified atom stereocenters. The second kappa shape index (κ2) is 13.6. The summed E-state index contributed by atoms with van der Waals surface area (Å²) in [5.41, 5.74) is 4.00. The number of nitrogens with zero attached hydrogens (tertiary/aromatic N) is 5. The minimum Gasteiger partial charge on any atom is -0.387 e. The third-order valence-electron chi connectivity index (χ3n) is 11.6. The first kappa shape index (κ1) is 32.8. The Morgan fingerprint density at radius 2 is 2.11 bits per heavy atom. The number of hydrogen-bond donors (Lipinski definition) is 2. The number of halogens is 3. The summed E-state index contributed by atoms with van der Waals surface area (Å²) < 4.78 is 47.8. The third kappa shape index (κ3) is 5.85. The highest BCUT2D eigenvalue weighted by atomic mass is 35.5. The predicted molar refractivity (Wildman–Crippen MR) is 203 cm³/mol. The summed E-state index contributed by atoms with van der Waals surface area (Å²) >= 11 is 14.3. The zero-order valence-corrected chi connectivity index (χ0v) is 31.5. The van der Waals surface area contributed by atoms with E-state index >= 15 is 4.39 Å². The monoisotopic (exact) mass is 774 g/mol. The fraction of sp³-hybridized carbons (Fsp3) is 0.450. The number of carbonyl (C=O) groups excluding carboxylic acids is 1. The van der Waals surface area contributed by atoms with Gasteiger partial charge in [-0.3, -0.25) is 4.79 Å². The van der Waals surface area contributed by atoms with Gasteiger partial charge in [-0.05, 0) is 86.3 Å². The number of fused-ring (bicyclic) bond motifs is 4. The Labute approximate surface area is 323 Å². The van der Waals surface area contributed by atoms with Crippen LogP contribution in [0.2, 0.25) is 10.0 Å². The zero-order chi connectivity index (χ0) is 38.5. The van der Waals surface area contributed by atoms with Gasteiger partial charge in [0.2, 0.25) is 5.91 Å². The molecule has 13 heteroatoms. The molecule has 3 saturated heterocycles. The molecule has 2 bridgehead atoms. The molecule has 2 N–H and O–H groups in total. The van der Waals surface area contributed by atoms with Crippen LogP contribution < -0.4 is 5.32 Å². The van der Waals surface area contributed by atoms with Crippen molar-refractivity contribution in [1.29, 1.82) is 5.26 Å². The molecular formula is C40H39Cl2FN6O3S. The normalized spacial score (nSPS) is 25.1. The van der Waals surface area contributed by atoms with Gasteiger partial charge in [0.1, 0.15) is 5.52 Å². The van der Waals surface area contributed by atoms with Crippen LogP contribution in [0.15, 0.2) is 35.7 Å². The van der Waals surface area contributed by atoms with Crippen molar-refractivity contribution in [2.24, 2.45) is 11.8 Å². The number of aliphatic hydroxyl groups is 1. The first-order valence-corrected chi connectivity index (χ1v) is 19.8. The van der Waals surface area contributed by atoms with E-state index in [1.807, 2.05) is 17.0 Å². The van der Waals surface area contributed by atoms with E-state index in [0.29, 0.717) is 45.1 Å². The summed E-state index contributed by atoms with van der Waals surface area (Å²) in [6.07, 6.45) is 1.60. The second-order valence-electron chi connectivity index (χ2n) is 15.0. The lowest BCUT2D eigenvalue weighted by molar-refractivity contribution is -0.134. The van der Waals surface area contributed by atoms with Gasteiger partial charge >= 0.3 is 0 Å². The van der Waals surface area contributed by atoms with E-state index in [0.717, 1.165) is 31.5 Å². The number of hydrogen-bond acceptors (Lipinski definition) is 8. The van der Waals surface area contributed by atoms with Gasteiger partial charge in [0, 0.05) is 70.9 Å². The van der Waals surface area contributed by atoms with E-state index in [-0.39, 0.29) is 76.0 Å². The molecule has 1 amide bonds. The highest BCUT2D eigenvalue weighted by Crippen LogP contribution is 2.52. The number of likely N-dealkylation sites (tertiary alicyclic amines) is 1. The SMILES string of the molecule is [2H]C([2H])(O[C@H]1C[C@H](c2cc3c(C(C)O)nc4c(F)c(-c5cccc(Cl)c5Cl)c(CCC#N)cc4c3n2[C@H]2[C@H]3CN[C@@H]2C3)N(C(=O)C2CC2)C1)c1nscc1C. The lowest BCUT2D eigenvalue weighted by Crippen LogP contribution is -2.41. The molecule has 0 spiro atoms. The van der Waals surface area contributed by atoms with Gasteiger partial charge in [0.05, 0.1) is 66.6 Å². The van der Waals surface area contributed by atoms with E-state index in [4.69, 9.17) is 35.7 Å². The lowest BCUT2D eigenvalue weighted by atomic mass is 9.79. The minimum atomic E-state index is -2.16. The molecule has 0 radical (unpaired) electrons. The van der Waals surface area contributed by atoms with Crippen LogP contribution in [0.3, 0.4) is 0 Å². The van der Waals surface area contributed by atoms with Gasteiger partial charge in [-0.25, -0.2) is 9.37 Å². The smallest absolute Gasteiger partial charge is 0.226 e. The van der Waals surface area contributed by atoms with Gasteiger partial charge in [-0.1, -0.05) is 35.3 Å². The van der Waals surface area contributed by atoms with Crippen molar-refractivity contribution in [2.45, 2.75) is 89.3 Å². The molecule has 2 aliphatic carbocycles. The maximum Gasteiger partial charge on any atom is 0.226 e. The van der Waals surface area contributed by atoms with Crippen LogP contribution in [0.5, 0.6) is 0 Å². The molecule has 6 heterocycles. The fourth-order valence-electron chi connectivity index (χ4n) is 8.78. The van der Waals surface area contributed by atoms with Crippen LogP contribution in [-0.4, -0.2) is 55.1 Å². The van der Waals surface area contributed by atoms with Crippen molar-refractivity contribution >= 4 is 62.4 Å². The van der Waals surface area contributed by atoms with Crippen molar-refractivity contribution in [2.75, 3.05) is 13.1 Å². The fourth-order valence-corrected chi connectivity index (χ4v) is 9.79. The molecule has 5 aromatic rings. The lowest BCUT2D eigenvalue weighted by Gasteiger charge is -2.39. The average Bonchev–Trinajstić information content (AvgIpc) is 3.58. The molecule has 2 saturated carbocycles. The molecule has 274 valence electrons. The highest BCUT2D eigenvalue weighted by molar-refractivity contribution is 7.03. The number of nitrogens with one attached hydrogen (secondary N) is 1. The number of amides is 1. The standard InChI is InChI=1S/C40H39Cl2FN6O3S/c1-19-18-53-47-30(19)17-52-24-13-31(48(16-24)40(51)21-8-9-21)32-14-27-36(20(2)50)46-37-26(39(27)49(32)38-23-12-29(38)45-15-23)11-22(5-4-10-44)33(35(37)43)25-6-3-7-28(41)34(25)42/h3,6-7,11,14,18,20-21,23-24,29,31,38,45,50H,4-5,8-9,12-13,15-17H2,1-2H3/t20?,23-,24+,29-,31-,38+/m1/s1/i17D2. The Kier molecular flexibility index (Phi) is 8.40. The number of benzene rings is 2. The molecule has 9 nitrogen and oxygen atoms in total. The molecular weight excluding hydrogens is 734 g/mol. The number of carbonyl (C=O) groups is 1. The van der Waals surface area contributed by atoms with Crippen molar-refractivity contribution in [3.63, 3.8) is 0 Å². The Morgan fingerprint density at radius 1 is 1.28 bits per heavy atom. The molecule has 5 aliphatic rings. The quantitative estimate of drug-likeness (QED) is 0.147. The van der Waals surface area contributed by atoms with Crippen molar-refractivity contribution < 1.29 is 21.8 Å². The summed E-state index contributed by atoms with van der Waals surface area (Å²) in [7, 11) is 0. The first-order valence-electron chi connectivity index (χ1n) is 19.2. The molecule has 10 rings (SSSR count). The van der Waals surface area contributed by atoms with Crippen LogP contribution in [0.25, 0.3) is 32.9 Å². The molecule has 5 fully saturated rings. The van der Waals surface area contributed by atoms with Gasteiger partial charge in [0.15, 0.2) is 5.82 Å². The van der Waals surface area contributed by atoms with Crippen LogP contribution in [0, 0.1) is 35.9 Å². The van der Waals surface area contributed by atoms with E-state index in [2.05, 4.69) is 20.3 Å². The number of aliphatic hydroxyl groups excluding tert-OH is 1. The summed E-state index contributed by atoms with van der Waals surface area (Å²) in [5.74, 6) is -0.420. The number of rotatable bonds is 10. The van der Waals surface area contributed by atoms with E-state index in [1.54, 1.807) is 37.4 Å². The van der Waals surface area contributed by atoms with Crippen molar-refractivity contribution in [3.8, 4) is 17.2 Å². The van der Waals surface area contributed by atoms with Gasteiger partial charge in [-0.2, -0.15) is 9.64 Å². The Morgan fingerprint density at radius 3 is 2.79 bits per heavy atom. The number of aryl methyl sites for hydroxylation is 2. The number of ether oxygens (including phenoxy) is 1. The molecule has 6 atom stereocenters. The second-order valence-corrected chi connectivity index (χ2v) is 16.4. The van der Waals surface area contributed by atoms with Crippen LogP contribution in [0.1, 0.15) is 88.2 Å². The maximum absolute atomic E-state index is 17.4. The third-order valence-corrected chi connectivity index (χ3v) is 13.1. The largest absolute Gasteiger partial charge is 0.387 e. The van der Waals surface area contributed by atoms with Crippen LogP contribution in [-0.2, 0) is 22.5 Å². The topological polar surface area (TPSA) is 116 Å². The van der Waals surface area contributed by atoms with E-state index < -0.39 is 30.6 Å². The number of nitriles is 1. The summed E-state index contributed by atoms with van der Waals surface area (Å²) in [4.78, 5) is 20.8.